The number of hydrogen-bond donors (Lipinski definition) is 0. The van der Waals surface area contributed by atoms with Crippen molar-refractivity contribution in [2.45, 2.75) is 18.8 Å². The average Bonchev–Trinajstić information content (AvgIpc) is 3.22. The molecule has 0 amide bonds. The topological polar surface area (TPSA) is 69.6 Å². The highest BCUT2D eigenvalue weighted by atomic mass is 32.2. The summed E-state index contributed by atoms with van der Waals surface area (Å²) in [5.74, 6) is -0.194. The number of thioether (sulfide) groups is 1. The van der Waals surface area contributed by atoms with Gasteiger partial charge in [0.1, 0.15) is 23.5 Å². The predicted octanol–water partition coefficient (Wildman–Crippen LogP) is 3.62. The summed E-state index contributed by atoms with van der Waals surface area (Å²) in [5, 5.41) is 0.460. The second-order valence-electron chi connectivity index (χ2n) is 5.55. The molecule has 0 aliphatic rings. The maximum absolute atomic E-state index is 11.9. The lowest BCUT2D eigenvalue weighted by atomic mass is 10.3. The van der Waals surface area contributed by atoms with Gasteiger partial charge in [0, 0.05) is 12.4 Å². The molecular weight excluding hydrogens is 338 g/mol. The molecule has 25 heavy (non-hydrogen) atoms. The van der Waals surface area contributed by atoms with E-state index in [0.29, 0.717) is 10.8 Å². The second-order valence-corrected chi connectivity index (χ2v) is 6.48. The highest BCUT2D eigenvalue weighted by Crippen LogP contribution is 2.23. The van der Waals surface area contributed by atoms with Gasteiger partial charge in [0.15, 0.2) is 5.58 Å². The van der Waals surface area contributed by atoms with Crippen LogP contribution < -0.4 is 0 Å². The first-order valence-electron chi connectivity index (χ1n) is 7.76. The first-order valence-corrected chi connectivity index (χ1v) is 8.75. The lowest BCUT2D eigenvalue weighted by Crippen LogP contribution is -2.07. The van der Waals surface area contributed by atoms with E-state index in [-0.39, 0.29) is 18.3 Å². The second kappa shape index (κ2) is 6.60. The molecule has 0 spiro atoms. The van der Waals surface area contributed by atoms with Crippen molar-refractivity contribution in [1.29, 1.82) is 0 Å². The van der Waals surface area contributed by atoms with Crippen molar-refractivity contribution in [1.82, 2.24) is 14.4 Å². The summed E-state index contributed by atoms with van der Waals surface area (Å²) in [4.78, 5) is 20.7. The van der Waals surface area contributed by atoms with Gasteiger partial charge in [-0.2, -0.15) is 0 Å². The summed E-state index contributed by atoms with van der Waals surface area (Å²) < 4.78 is 12.8. The number of rotatable bonds is 5. The fraction of sp³-hybridized carbons (Fsp3) is 0.167. The number of hydrogen-bond acceptors (Lipinski definition) is 6. The van der Waals surface area contributed by atoms with Gasteiger partial charge in [0.2, 0.25) is 0 Å². The molecule has 0 unspecified atom stereocenters. The Bertz CT molecular complexity index is 1020. The van der Waals surface area contributed by atoms with E-state index in [1.807, 2.05) is 60.1 Å². The maximum Gasteiger partial charge on any atom is 0.316 e. The molecule has 0 saturated heterocycles. The minimum atomic E-state index is -0.332. The van der Waals surface area contributed by atoms with Crippen molar-refractivity contribution in [3.05, 3.63) is 60.0 Å². The number of oxazole rings is 1. The Morgan fingerprint density at radius 1 is 1.24 bits per heavy atom. The molecule has 0 aliphatic heterocycles. The summed E-state index contributed by atoms with van der Waals surface area (Å²) in [6.45, 7) is 2.14. The Balaban J connectivity index is 1.34. The number of carbonyl (C=O) groups is 1. The molecule has 1 aromatic carbocycles. The largest absolute Gasteiger partial charge is 0.458 e. The Labute approximate surface area is 147 Å². The third kappa shape index (κ3) is 3.36. The van der Waals surface area contributed by atoms with Gasteiger partial charge in [-0.1, -0.05) is 30.0 Å². The van der Waals surface area contributed by atoms with E-state index in [1.165, 1.54) is 11.8 Å². The first kappa shape index (κ1) is 15.7. The van der Waals surface area contributed by atoms with Gasteiger partial charge in [-0.3, -0.25) is 4.79 Å². The van der Waals surface area contributed by atoms with E-state index in [9.17, 15) is 4.79 Å². The van der Waals surface area contributed by atoms with Gasteiger partial charge in [-0.25, -0.2) is 9.97 Å². The number of aryl methyl sites for hydroxylation is 1. The Morgan fingerprint density at radius 2 is 2.12 bits per heavy atom. The third-order valence-corrected chi connectivity index (χ3v) is 4.50. The van der Waals surface area contributed by atoms with E-state index in [4.69, 9.17) is 9.15 Å². The van der Waals surface area contributed by atoms with Crippen molar-refractivity contribution < 1.29 is 13.9 Å². The normalized spacial score (nSPS) is 11.2. The number of ether oxygens (including phenoxy) is 1. The van der Waals surface area contributed by atoms with Crippen LogP contribution in [0.15, 0.2) is 58.4 Å². The standard InChI is InChI=1S/C18H15N3O3S/c1-12-5-4-8-21-9-13(19-17(12)21)10-23-16(22)11-25-18-20-14-6-2-3-7-15(14)24-18/h2-9H,10-11H2,1H3. The van der Waals surface area contributed by atoms with Crippen molar-refractivity contribution in [2.75, 3.05) is 5.75 Å². The van der Waals surface area contributed by atoms with E-state index in [1.54, 1.807) is 0 Å². The lowest BCUT2D eigenvalue weighted by Gasteiger charge is -2.00. The quantitative estimate of drug-likeness (QED) is 0.403. The Kier molecular flexibility index (Phi) is 4.15. The minimum absolute atomic E-state index is 0.138. The van der Waals surface area contributed by atoms with Crippen LogP contribution in [-0.4, -0.2) is 26.1 Å². The molecule has 6 nitrogen and oxygen atoms in total. The summed E-state index contributed by atoms with van der Waals surface area (Å²) in [7, 11) is 0. The monoisotopic (exact) mass is 353 g/mol. The lowest BCUT2D eigenvalue weighted by molar-refractivity contribution is -0.141. The fourth-order valence-electron chi connectivity index (χ4n) is 2.50. The highest BCUT2D eigenvalue weighted by molar-refractivity contribution is 7.99. The molecule has 0 bridgehead atoms. The molecule has 3 aromatic heterocycles. The van der Waals surface area contributed by atoms with E-state index in [2.05, 4.69) is 9.97 Å². The minimum Gasteiger partial charge on any atom is -0.458 e. The Hall–Kier alpha value is -2.80. The van der Waals surface area contributed by atoms with Crippen LogP contribution in [0.2, 0.25) is 0 Å². The van der Waals surface area contributed by atoms with E-state index >= 15 is 0 Å². The molecule has 126 valence electrons. The molecule has 0 atom stereocenters. The summed E-state index contributed by atoms with van der Waals surface area (Å²) in [5.41, 5.74) is 4.15. The molecule has 0 radical (unpaired) electrons. The molecular formula is C18H15N3O3S. The molecule has 0 N–H and O–H groups in total. The summed E-state index contributed by atoms with van der Waals surface area (Å²) in [6, 6.07) is 11.4. The smallest absolute Gasteiger partial charge is 0.316 e. The van der Waals surface area contributed by atoms with Crippen LogP contribution in [0.4, 0.5) is 0 Å². The number of para-hydroxylation sites is 2. The van der Waals surface area contributed by atoms with Gasteiger partial charge in [-0.05, 0) is 30.7 Å². The predicted molar refractivity (Wildman–Crippen MR) is 94.5 cm³/mol. The summed E-state index contributed by atoms with van der Waals surface area (Å²) in [6.07, 6.45) is 3.79. The number of imidazole rings is 1. The number of fused-ring (bicyclic) bond motifs is 2. The molecule has 0 aliphatic carbocycles. The SMILES string of the molecule is Cc1cccn2cc(COC(=O)CSc3nc4ccccc4o3)nc12. The zero-order valence-electron chi connectivity index (χ0n) is 13.5. The van der Waals surface area contributed by atoms with Gasteiger partial charge < -0.3 is 13.6 Å². The van der Waals surface area contributed by atoms with Gasteiger partial charge in [0.25, 0.3) is 5.22 Å². The van der Waals surface area contributed by atoms with Crippen LogP contribution in [0.25, 0.3) is 16.7 Å². The first-order chi connectivity index (χ1) is 12.2. The van der Waals surface area contributed by atoms with Crippen LogP contribution in [-0.2, 0) is 16.1 Å². The molecule has 7 heteroatoms. The Morgan fingerprint density at radius 3 is 2.96 bits per heavy atom. The van der Waals surface area contributed by atoms with Crippen molar-refractivity contribution in [3.8, 4) is 0 Å². The van der Waals surface area contributed by atoms with Crippen molar-refractivity contribution in [2.24, 2.45) is 0 Å². The zero-order chi connectivity index (χ0) is 17.2. The number of esters is 1. The van der Waals surface area contributed by atoms with Gasteiger partial charge >= 0.3 is 5.97 Å². The van der Waals surface area contributed by atoms with Crippen LogP contribution in [0, 0.1) is 6.92 Å². The molecule has 4 aromatic rings. The molecule has 4 rings (SSSR count). The fourth-order valence-corrected chi connectivity index (χ4v) is 3.14. The zero-order valence-corrected chi connectivity index (χ0v) is 14.3. The van der Waals surface area contributed by atoms with Gasteiger partial charge in [0.05, 0.1) is 5.69 Å². The van der Waals surface area contributed by atoms with Crippen LogP contribution in [0.5, 0.6) is 0 Å². The highest BCUT2D eigenvalue weighted by Gasteiger charge is 2.11. The maximum atomic E-state index is 11.9. The van der Waals surface area contributed by atoms with Crippen LogP contribution in [0.3, 0.4) is 0 Å². The molecule has 0 fully saturated rings. The molecule has 3 heterocycles. The molecule has 0 saturated carbocycles. The van der Waals surface area contributed by atoms with Crippen LogP contribution >= 0.6 is 11.8 Å². The number of nitrogens with zero attached hydrogens (tertiary/aromatic N) is 3. The van der Waals surface area contributed by atoms with E-state index in [0.717, 1.165) is 22.4 Å². The third-order valence-electron chi connectivity index (χ3n) is 3.70. The number of benzene rings is 1. The number of aromatic nitrogens is 3. The van der Waals surface area contributed by atoms with E-state index < -0.39 is 0 Å². The number of carbonyl (C=O) groups excluding carboxylic acids is 1. The number of pyridine rings is 1. The van der Waals surface area contributed by atoms with Crippen molar-refractivity contribution in [3.63, 3.8) is 0 Å². The van der Waals surface area contributed by atoms with Crippen LogP contribution in [0.1, 0.15) is 11.3 Å². The van der Waals surface area contributed by atoms with Gasteiger partial charge in [-0.15, -0.1) is 0 Å². The van der Waals surface area contributed by atoms with Crippen molar-refractivity contribution >= 4 is 34.5 Å². The summed E-state index contributed by atoms with van der Waals surface area (Å²) >= 11 is 1.22. The average molecular weight is 353 g/mol.